The third-order valence-electron chi connectivity index (χ3n) is 2.73. The van der Waals surface area contributed by atoms with E-state index in [1.54, 1.807) is 12.5 Å². The van der Waals surface area contributed by atoms with E-state index in [2.05, 4.69) is 58.3 Å². The van der Waals surface area contributed by atoms with Gasteiger partial charge in [0.05, 0.1) is 21.8 Å². The first kappa shape index (κ1) is 13.3. The lowest BCUT2D eigenvalue weighted by atomic mass is 10.3. The van der Waals surface area contributed by atoms with Crippen LogP contribution < -0.4 is 5.73 Å². The van der Waals surface area contributed by atoms with Crippen molar-refractivity contribution >= 4 is 28.4 Å². The zero-order valence-corrected chi connectivity index (χ0v) is 12.8. The van der Waals surface area contributed by atoms with E-state index in [0.717, 1.165) is 21.4 Å². The Bertz CT molecular complexity index is 562. The summed E-state index contributed by atoms with van der Waals surface area (Å²) >= 11 is 2.19. The molecule has 0 amide bonds. The van der Waals surface area contributed by atoms with Crippen molar-refractivity contribution in [2.45, 2.75) is 33.2 Å². The summed E-state index contributed by atoms with van der Waals surface area (Å²) in [6.45, 7) is 6.26. The fraction of sp³-hybridized carbons (Fsp3) is 0.417. The first-order valence-electron chi connectivity index (χ1n) is 5.88. The molecule has 0 aliphatic carbocycles. The van der Waals surface area contributed by atoms with Gasteiger partial charge < -0.3 is 10.3 Å². The average Bonchev–Trinajstić information content (AvgIpc) is 2.81. The lowest BCUT2D eigenvalue weighted by molar-refractivity contribution is 0.603. The Kier molecular flexibility index (Phi) is 3.84. The Morgan fingerprint density at radius 1 is 1.39 bits per heavy atom. The third-order valence-corrected chi connectivity index (χ3v) is 3.91. The van der Waals surface area contributed by atoms with Crippen molar-refractivity contribution in [2.24, 2.45) is 0 Å². The fourth-order valence-electron chi connectivity index (χ4n) is 1.75. The molecule has 6 heteroatoms. The van der Waals surface area contributed by atoms with Crippen LogP contribution in [0.4, 0.5) is 5.82 Å². The van der Waals surface area contributed by atoms with Gasteiger partial charge in [-0.1, -0.05) is 6.92 Å². The maximum Gasteiger partial charge on any atom is 0.180 e. The number of aryl methyl sites for hydroxylation is 1. The highest BCUT2D eigenvalue weighted by atomic mass is 127. The Morgan fingerprint density at radius 2 is 2.11 bits per heavy atom. The van der Waals surface area contributed by atoms with Crippen molar-refractivity contribution in [3.63, 3.8) is 0 Å². The second kappa shape index (κ2) is 5.21. The van der Waals surface area contributed by atoms with Crippen LogP contribution in [0, 0.1) is 3.57 Å². The van der Waals surface area contributed by atoms with E-state index in [9.17, 15) is 0 Å². The molecule has 2 rings (SSSR count). The summed E-state index contributed by atoms with van der Waals surface area (Å²) in [5.41, 5.74) is 7.83. The summed E-state index contributed by atoms with van der Waals surface area (Å²) in [4.78, 5) is 13.1. The van der Waals surface area contributed by atoms with Crippen LogP contribution in [0.25, 0.3) is 11.5 Å². The van der Waals surface area contributed by atoms with Crippen molar-refractivity contribution in [1.82, 2.24) is 19.5 Å². The highest BCUT2D eigenvalue weighted by molar-refractivity contribution is 14.1. The molecule has 0 atom stereocenters. The minimum absolute atomic E-state index is 0.316. The number of nitrogen functional groups attached to an aromatic ring is 1. The molecule has 2 aromatic rings. The molecule has 96 valence electrons. The van der Waals surface area contributed by atoms with E-state index >= 15 is 0 Å². The van der Waals surface area contributed by atoms with E-state index in [1.807, 2.05) is 4.57 Å². The Labute approximate surface area is 120 Å². The first-order chi connectivity index (χ1) is 8.54. The number of nitrogens with zero attached hydrogens (tertiary/aromatic N) is 4. The van der Waals surface area contributed by atoms with Crippen LogP contribution in [-0.2, 0) is 6.42 Å². The Balaban J connectivity index is 2.57. The summed E-state index contributed by atoms with van der Waals surface area (Å²) < 4.78 is 2.98. The minimum Gasteiger partial charge on any atom is -0.383 e. The van der Waals surface area contributed by atoms with Gasteiger partial charge in [-0.2, -0.15) is 0 Å². The highest BCUT2D eigenvalue weighted by Crippen LogP contribution is 2.24. The number of nitrogens with two attached hydrogens (primary N) is 1. The van der Waals surface area contributed by atoms with Crippen LogP contribution in [0.1, 0.15) is 32.5 Å². The summed E-state index contributed by atoms with van der Waals surface area (Å²) in [5, 5.41) is 0. The third kappa shape index (κ3) is 2.33. The number of hydrogen-bond donors (Lipinski definition) is 1. The molecule has 2 N–H and O–H groups in total. The van der Waals surface area contributed by atoms with Crippen molar-refractivity contribution in [1.29, 1.82) is 0 Å². The molecule has 0 radical (unpaired) electrons. The van der Waals surface area contributed by atoms with Gasteiger partial charge >= 0.3 is 0 Å². The number of hydrogen-bond acceptors (Lipinski definition) is 4. The summed E-state index contributed by atoms with van der Waals surface area (Å²) in [7, 11) is 0. The number of aromatic nitrogens is 4. The molecular weight excluding hydrogens is 341 g/mol. The largest absolute Gasteiger partial charge is 0.383 e. The molecule has 0 saturated heterocycles. The van der Waals surface area contributed by atoms with Crippen LogP contribution in [0.2, 0.25) is 0 Å². The Morgan fingerprint density at radius 3 is 2.72 bits per heavy atom. The van der Waals surface area contributed by atoms with Crippen molar-refractivity contribution < 1.29 is 0 Å². The van der Waals surface area contributed by atoms with Crippen LogP contribution in [0.15, 0.2) is 12.5 Å². The fourth-order valence-corrected chi connectivity index (χ4v) is 2.37. The molecule has 0 fully saturated rings. The molecule has 0 spiro atoms. The molecule has 2 heterocycles. The standard InChI is InChI=1S/C12H16IN5/c1-4-8-10(13)11(14)17-12(16-8)9-5-15-6-18(9)7(2)3/h5-7H,4H2,1-3H3,(H2,14,16,17). The van der Waals surface area contributed by atoms with Gasteiger partial charge in [-0.3, -0.25) is 0 Å². The van der Waals surface area contributed by atoms with Crippen LogP contribution in [0.3, 0.4) is 0 Å². The number of anilines is 1. The molecule has 0 saturated carbocycles. The molecule has 18 heavy (non-hydrogen) atoms. The molecule has 0 aromatic carbocycles. The maximum absolute atomic E-state index is 5.94. The van der Waals surface area contributed by atoms with Gasteiger partial charge in [0.1, 0.15) is 11.5 Å². The average molecular weight is 357 g/mol. The molecule has 0 aliphatic heterocycles. The second-order valence-corrected chi connectivity index (χ2v) is 5.41. The topological polar surface area (TPSA) is 69.6 Å². The zero-order chi connectivity index (χ0) is 13.3. The van der Waals surface area contributed by atoms with E-state index in [0.29, 0.717) is 17.7 Å². The molecule has 2 aromatic heterocycles. The maximum atomic E-state index is 5.94. The lowest BCUT2D eigenvalue weighted by Gasteiger charge is -2.12. The van der Waals surface area contributed by atoms with Gasteiger partial charge in [-0.05, 0) is 42.9 Å². The van der Waals surface area contributed by atoms with Gasteiger partial charge in [-0.15, -0.1) is 0 Å². The van der Waals surface area contributed by atoms with E-state index < -0.39 is 0 Å². The van der Waals surface area contributed by atoms with Crippen molar-refractivity contribution in [2.75, 3.05) is 5.73 Å². The zero-order valence-electron chi connectivity index (χ0n) is 10.7. The van der Waals surface area contributed by atoms with E-state index in [1.165, 1.54) is 0 Å². The van der Waals surface area contributed by atoms with E-state index in [-0.39, 0.29) is 0 Å². The predicted molar refractivity (Wildman–Crippen MR) is 80.1 cm³/mol. The second-order valence-electron chi connectivity index (χ2n) is 4.33. The normalized spacial score (nSPS) is 11.2. The van der Waals surface area contributed by atoms with Gasteiger partial charge in [0.2, 0.25) is 0 Å². The highest BCUT2D eigenvalue weighted by Gasteiger charge is 2.14. The quantitative estimate of drug-likeness (QED) is 0.858. The summed E-state index contributed by atoms with van der Waals surface area (Å²) in [6.07, 6.45) is 4.41. The number of imidazole rings is 1. The van der Waals surface area contributed by atoms with Crippen molar-refractivity contribution in [3.05, 3.63) is 21.8 Å². The Hall–Kier alpha value is -1.18. The van der Waals surface area contributed by atoms with Crippen molar-refractivity contribution in [3.8, 4) is 11.5 Å². The summed E-state index contributed by atoms with van der Waals surface area (Å²) in [5.74, 6) is 1.19. The first-order valence-corrected chi connectivity index (χ1v) is 6.96. The summed E-state index contributed by atoms with van der Waals surface area (Å²) in [6, 6.07) is 0.316. The predicted octanol–water partition coefficient (Wildman–Crippen LogP) is 2.67. The van der Waals surface area contributed by atoms with Gasteiger partial charge in [-0.25, -0.2) is 15.0 Å². The number of rotatable bonds is 3. The molecule has 5 nitrogen and oxygen atoms in total. The molecule has 0 aliphatic rings. The molecular formula is C12H16IN5. The smallest absolute Gasteiger partial charge is 0.180 e. The molecule has 0 unspecified atom stereocenters. The van der Waals surface area contributed by atoms with Crippen LogP contribution in [-0.4, -0.2) is 19.5 Å². The van der Waals surface area contributed by atoms with E-state index in [4.69, 9.17) is 5.73 Å². The van der Waals surface area contributed by atoms with Crippen LogP contribution >= 0.6 is 22.6 Å². The lowest BCUT2D eigenvalue weighted by Crippen LogP contribution is -2.08. The van der Waals surface area contributed by atoms with Gasteiger partial charge in [0.25, 0.3) is 0 Å². The number of halogens is 1. The SMILES string of the molecule is CCc1nc(-c2cncn2C(C)C)nc(N)c1I. The van der Waals surface area contributed by atoms with Gasteiger partial charge in [0, 0.05) is 6.04 Å². The van der Waals surface area contributed by atoms with Crippen LogP contribution in [0.5, 0.6) is 0 Å². The van der Waals surface area contributed by atoms with Gasteiger partial charge in [0.15, 0.2) is 5.82 Å². The minimum atomic E-state index is 0.316. The molecule has 0 bridgehead atoms. The monoisotopic (exact) mass is 357 g/mol.